The number of amides is 1. The molecule has 2 heterocycles. The van der Waals surface area contributed by atoms with E-state index >= 15 is 0 Å². The molecule has 0 saturated carbocycles. The number of nitrogens with zero attached hydrogens (tertiary/aromatic N) is 3. The SMILES string of the molecule is CCCNC(=O)c1cc2cnc(C)nn2c1. The van der Waals surface area contributed by atoms with E-state index in [1.807, 2.05) is 13.8 Å². The molecule has 0 fully saturated rings. The molecule has 0 aliphatic carbocycles. The molecular weight excluding hydrogens is 204 g/mol. The zero-order valence-corrected chi connectivity index (χ0v) is 9.40. The van der Waals surface area contributed by atoms with E-state index < -0.39 is 0 Å². The Morgan fingerprint density at radius 1 is 1.56 bits per heavy atom. The predicted molar refractivity (Wildman–Crippen MR) is 60.3 cm³/mol. The smallest absolute Gasteiger partial charge is 0.252 e. The van der Waals surface area contributed by atoms with Gasteiger partial charge in [0.05, 0.1) is 17.3 Å². The molecule has 2 aromatic rings. The first kappa shape index (κ1) is 10.6. The summed E-state index contributed by atoms with van der Waals surface area (Å²) in [6, 6.07) is 1.78. The highest BCUT2D eigenvalue weighted by atomic mass is 16.1. The quantitative estimate of drug-likeness (QED) is 0.841. The molecule has 2 aromatic heterocycles. The number of aryl methyl sites for hydroxylation is 1. The molecule has 0 spiro atoms. The van der Waals surface area contributed by atoms with Gasteiger partial charge in [0, 0.05) is 12.7 Å². The lowest BCUT2D eigenvalue weighted by molar-refractivity contribution is 0.0953. The van der Waals surface area contributed by atoms with Crippen LogP contribution < -0.4 is 5.32 Å². The Bertz CT molecular complexity index is 518. The summed E-state index contributed by atoms with van der Waals surface area (Å²) in [6.45, 7) is 4.53. The molecule has 0 aliphatic heterocycles. The first-order chi connectivity index (χ1) is 7.70. The van der Waals surface area contributed by atoms with Gasteiger partial charge in [0.2, 0.25) is 0 Å². The fraction of sp³-hybridized carbons (Fsp3) is 0.364. The number of fused-ring (bicyclic) bond motifs is 1. The Balaban J connectivity index is 2.28. The number of nitrogens with one attached hydrogen (secondary N) is 1. The zero-order valence-electron chi connectivity index (χ0n) is 9.40. The van der Waals surface area contributed by atoms with Crippen LogP contribution in [0.4, 0.5) is 0 Å². The van der Waals surface area contributed by atoms with Crippen LogP contribution >= 0.6 is 0 Å². The van der Waals surface area contributed by atoms with Crippen molar-refractivity contribution >= 4 is 11.4 Å². The maximum Gasteiger partial charge on any atom is 0.252 e. The molecular formula is C11H14N4O. The second kappa shape index (κ2) is 4.30. The normalized spacial score (nSPS) is 10.6. The second-order valence-electron chi connectivity index (χ2n) is 3.66. The van der Waals surface area contributed by atoms with E-state index in [2.05, 4.69) is 15.4 Å². The summed E-state index contributed by atoms with van der Waals surface area (Å²) < 4.78 is 1.67. The van der Waals surface area contributed by atoms with Crippen LogP contribution in [0, 0.1) is 6.92 Å². The van der Waals surface area contributed by atoms with E-state index in [1.54, 1.807) is 23.0 Å². The first-order valence-corrected chi connectivity index (χ1v) is 5.31. The van der Waals surface area contributed by atoms with Crippen molar-refractivity contribution in [1.29, 1.82) is 0 Å². The van der Waals surface area contributed by atoms with Crippen LogP contribution in [-0.4, -0.2) is 27.0 Å². The molecule has 1 N–H and O–H groups in total. The van der Waals surface area contributed by atoms with Crippen LogP contribution in [0.15, 0.2) is 18.5 Å². The minimum Gasteiger partial charge on any atom is -0.352 e. The standard InChI is InChI=1S/C11H14N4O/c1-3-4-12-11(16)9-5-10-6-13-8(2)14-15(10)7-9/h5-7H,3-4H2,1-2H3,(H,12,16). The van der Waals surface area contributed by atoms with Gasteiger partial charge in [0.25, 0.3) is 5.91 Å². The van der Waals surface area contributed by atoms with Crippen LogP contribution in [0.2, 0.25) is 0 Å². The molecule has 0 unspecified atom stereocenters. The lowest BCUT2D eigenvalue weighted by Crippen LogP contribution is -2.23. The maximum absolute atomic E-state index is 11.7. The monoisotopic (exact) mass is 218 g/mol. The Kier molecular flexibility index (Phi) is 2.85. The average molecular weight is 218 g/mol. The number of rotatable bonds is 3. The summed E-state index contributed by atoms with van der Waals surface area (Å²) >= 11 is 0. The number of hydrogen-bond acceptors (Lipinski definition) is 3. The van der Waals surface area contributed by atoms with Crippen molar-refractivity contribution in [2.75, 3.05) is 6.54 Å². The summed E-state index contributed by atoms with van der Waals surface area (Å²) in [4.78, 5) is 15.8. The molecule has 0 aliphatic rings. The van der Waals surface area contributed by atoms with E-state index in [4.69, 9.17) is 0 Å². The molecule has 84 valence electrons. The Labute approximate surface area is 93.5 Å². The van der Waals surface area contributed by atoms with Crippen molar-refractivity contribution in [2.45, 2.75) is 20.3 Å². The Hall–Kier alpha value is -1.91. The van der Waals surface area contributed by atoms with Crippen molar-refractivity contribution in [2.24, 2.45) is 0 Å². The average Bonchev–Trinajstić information content (AvgIpc) is 2.68. The fourth-order valence-corrected chi connectivity index (χ4v) is 1.46. The Morgan fingerprint density at radius 3 is 3.12 bits per heavy atom. The number of aromatic nitrogens is 3. The van der Waals surface area contributed by atoms with Gasteiger partial charge in [-0.2, -0.15) is 5.10 Å². The zero-order chi connectivity index (χ0) is 11.5. The van der Waals surface area contributed by atoms with Gasteiger partial charge in [0.15, 0.2) is 0 Å². The van der Waals surface area contributed by atoms with Crippen LogP contribution in [0.3, 0.4) is 0 Å². The van der Waals surface area contributed by atoms with Crippen molar-refractivity contribution < 1.29 is 4.79 Å². The summed E-state index contributed by atoms with van der Waals surface area (Å²) in [5, 5.41) is 7.01. The highest BCUT2D eigenvalue weighted by Crippen LogP contribution is 2.07. The van der Waals surface area contributed by atoms with Gasteiger partial charge in [-0.1, -0.05) is 6.92 Å². The van der Waals surface area contributed by atoms with Gasteiger partial charge in [-0.25, -0.2) is 9.50 Å². The molecule has 0 aromatic carbocycles. The molecule has 0 saturated heterocycles. The van der Waals surface area contributed by atoms with Gasteiger partial charge in [-0.15, -0.1) is 0 Å². The second-order valence-corrected chi connectivity index (χ2v) is 3.66. The highest BCUT2D eigenvalue weighted by molar-refractivity contribution is 5.95. The topological polar surface area (TPSA) is 59.3 Å². The lowest BCUT2D eigenvalue weighted by Gasteiger charge is -1.99. The van der Waals surface area contributed by atoms with Gasteiger partial charge in [-0.05, 0) is 19.4 Å². The molecule has 0 atom stereocenters. The van der Waals surface area contributed by atoms with E-state index in [-0.39, 0.29) is 5.91 Å². The predicted octanol–water partition coefficient (Wildman–Crippen LogP) is 1.18. The highest BCUT2D eigenvalue weighted by Gasteiger charge is 2.08. The third-order valence-corrected chi connectivity index (χ3v) is 2.26. The third-order valence-electron chi connectivity index (χ3n) is 2.26. The van der Waals surface area contributed by atoms with Crippen molar-refractivity contribution in [3.05, 3.63) is 29.8 Å². The first-order valence-electron chi connectivity index (χ1n) is 5.31. The third kappa shape index (κ3) is 2.03. The van der Waals surface area contributed by atoms with Gasteiger partial charge in [-0.3, -0.25) is 4.79 Å². The van der Waals surface area contributed by atoms with Gasteiger partial charge >= 0.3 is 0 Å². The maximum atomic E-state index is 11.7. The molecule has 1 amide bonds. The summed E-state index contributed by atoms with van der Waals surface area (Å²) in [6.07, 6.45) is 4.35. The number of carbonyl (C=O) groups excluding carboxylic acids is 1. The fourth-order valence-electron chi connectivity index (χ4n) is 1.46. The minimum atomic E-state index is -0.0648. The molecule has 0 radical (unpaired) electrons. The molecule has 0 bridgehead atoms. The Morgan fingerprint density at radius 2 is 2.38 bits per heavy atom. The number of carbonyl (C=O) groups is 1. The van der Waals surface area contributed by atoms with E-state index in [1.165, 1.54) is 0 Å². The van der Waals surface area contributed by atoms with Crippen LogP contribution in [-0.2, 0) is 0 Å². The summed E-state index contributed by atoms with van der Waals surface area (Å²) in [5.74, 6) is 0.619. The largest absolute Gasteiger partial charge is 0.352 e. The van der Waals surface area contributed by atoms with E-state index in [9.17, 15) is 4.79 Å². The summed E-state index contributed by atoms with van der Waals surface area (Å²) in [5.41, 5.74) is 1.44. The van der Waals surface area contributed by atoms with Gasteiger partial charge in [0.1, 0.15) is 5.82 Å². The molecule has 5 heteroatoms. The van der Waals surface area contributed by atoms with Crippen LogP contribution in [0.5, 0.6) is 0 Å². The van der Waals surface area contributed by atoms with E-state index in [0.717, 1.165) is 11.9 Å². The van der Waals surface area contributed by atoms with Crippen LogP contribution in [0.1, 0.15) is 29.5 Å². The summed E-state index contributed by atoms with van der Waals surface area (Å²) in [7, 11) is 0. The van der Waals surface area contributed by atoms with Crippen LogP contribution in [0.25, 0.3) is 5.52 Å². The van der Waals surface area contributed by atoms with Crippen molar-refractivity contribution in [1.82, 2.24) is 19.9 Å². The minimum absolute atomic E-state index is 0.0648. The molecule has 16 heavy (non-hydrogen) atoms. The van der Waals surface area contributed by atoms with Gasteiger partial charge < -0.3 is 5.32 Å². The number of hydrogen-bond donors (Lipinski definition) is 1. The molecule has 2 rings (SSSR count). The van der Waals surface area contributed by atoms with Crippen molar-refractivity contribution in [3.63, 3.8) is 0 Å². The van der Waals surface area contributed by atoms with E-state index in [0.29, 0.717) is 17.9 Å². The van der Waals surface area contributed by atoms with Crippen molar-refractivity contribution in [3.8, 4) is 0 Å². The lowest BCUT2D eigenvalue weighted by atomic mass is 10.3. The molecule has 5 nitrogen and oxygen atoms in total.